The first-order chi connectivity index (χ1) is 8.59. The summed E-state index contributed by atoms with van der Waals surface area (Å²) in [7, 11) is 1.84. The predicted octanol–water partition coefficient (Wildman–Crippen LogP) is 3.58. The lowest BCUT2D eigenvalue weighted by Crippen LogP contribution is -2.19. The van der Waals surface area contributed by atoms with Crippen molar-refractivity contribution in [3.63, 3.8) is 0 Å². The predicted molar refractivity (Wildman–Crippen MR) is 73.5 cm³/mol. The van der Waals surface area contributed by atoms with Crippen molar-refractivity contribution in [3.05, 3.63) is 52.0 Å². The lowest BCUT2D eigenvalue weighted by Gasteiger charge is -2.23. The molecule has 0 bridgehead atoms. The van der Waals surface area contributed by atoms with Crippen LogP contribution in [0.5, 0.6) is 0 Å². The van der Waals surface area contributed by atoms with E-state index < -0.39 is 6.10 Å². The minimum atomic E-state index is -0.680. The van der Waals surface area contributed by atoms with E-state index in [1.54, 1.807) is 30.4 Å². The van der Waals surface area contributed by atoms with Crippen LogP contribution in [0.4, 0.5) is 10.1 Å². The zero-order valence-electron chi connectivity index (χ0n) is 10.4. The number of halogens is 1. The van der Waals surface area contributed by atoms with Crippen LogP contribution in [0.3, 0.4) is 0 Å². The number of nitrogens with zero attached hydrogens (tertiary/aromatic N) is 1. The molecule has 0 aliphatic carbocycles. The normalized spacial score (nSPS) is 12.4. The largest absolute Gasteiger partial charge is 0.389 e. The minimum absolute atomic E-state index is 0.300. The van der Waals surface area contributed by atoms with E-state index in [1.807, 2.05) is 28.8 Å². The van der Waals surface area contributed by atoms with Crippen LogP contribution < -0.4 is 4.90 Å². The van der Waals surface area contributed by atoms with Crippen LogP contribution >= 0.6 is 11.3 Å². The fourth-order valence-electron chi connectivity index (χ4n) is 2.01. The number of hydrogen-bond donors (Lipinski definition) is 1. The van der Waals surface area contributed by atoms with E-state index in [1.165, 1.54) is 6.07 Å². The lowest BCUT2D eigenvalue weighted by molar-refractivity contribution is 0.199. The van der Waals surface area contributed by atoms with Crippen LogP contribution in [-0.2, 0) is 6.54 Å². The van der Waals surface area contributed by atoms with Crippen LogP contribution in [0.15, 0.2) is 35.0 Å². The molecular weight excluding hydrogens is 249 g/mol. The van der Waals surface area contributed by atoms with Crippen LogP contribution in [0.1, 0.15) is 24.2 Å². The van der Waals surface area contributed by atoms with Gasteiger partial charge in [0.15, 0.2) is 0 Å². The Labute approximate surface area is 110 Å². The Morgan fingerprint density at radius 3 is 2.78 bits per heavy atom. The van der Waals surface area contributed by atoms with Crippen molar-refractivity contribution in [3.8, 4) is 0 Å². The molecular formula is C14H16FNOS. The number of rotatable bonds is 4. The van der Waals surface area contributed by atoms with Gasteiger partial charge in [0, 0.05) is 19.2 Å². The summed E-state index contributed by atoms with van der Waals surface area (Å²) in [5.41, 5.74) is 2.23. The van der Waals surface area contributed by atoms with Gasteiger partial charge in [-0.1, -0.05) is 12.1 Å². The molecule has 0 spiro atoms. The van der Waals surface area contributed by atoms with Gasteiger partial charge in [-0.25, -0.2) is 4.39 Å². The van der Waals surface area contributed by atoms with E-state index in [0.29, 0.717) is 17.8 Å². The molecule has 0 radical (unpaired) electrons. The smallest absolute Gasteiger partial charge is 0.146 e. The SMILES string of the molecule is C[C@@H](O)c1cccc(F)c1N(C)Cc1ccsc1. The van der Waals surface area contributed by atoms with E-state index in [9.17, 15) is 9.50 Å². The van der Waals surface area contributed by atoms with Gasteiger partial charge in [-0.05, 0) is 35.4 Å². The molecule has 0 aliphatic rings. The third-order valence-electron chi connectivity index (χ3n) is 2.85. The second-order valence-corrected chi connectivity index (χ2v) is 5.12. The summed E-state index contributed by atoms with van der Waals surface area (Å²) in [6.07, 6.45) is -0.680. The lowest BCUT2D eigenvalue weighted by atomic mass is 10.1. The molecule has 2 aromatic rings. The van der Waals surface area contributed by atoms with Gasteiger partial charge in [0.05, 0.1) is 11.8 Å². The number of hydrogen-bond acceptors (Lipinski definition) is 3. The van der Waals surface area contributed by atoms with E-state index in [-0.39, 0.29) is 5.82 Å². The maximum absolute atomic E-state index is 13.9. The first-order valence-corrected chi connectivity index (χ1v) is 6.72. The Morgan fingerprint density at radius 2 is 2.17 bits per heavy atom. The average molecular weight is 265 g/mol. The maximum Gasteiger partial charge on any atom is 0.146 e. The summed E-state index contributed by atoms with van der Waals surface area (Å²) in [5.74, 6) is -0.300. The Kier molecular flexibility index (Phi) is 3.99. The number of thiophene rings is 1. The Balaban J connectivity index is 2.31. The molecule has 1 atom stereocenters. The van der Waals surface area contributed by atoms with Crippen molar-refractivity contribution in [1.82, 2.24) is 0 Å². The third kappa shape index (κ3) is 2.71. The van der Waals surface area contributed by atoms with E-state index >= 15 is 0 Å². The number of aliphatic hydroxyl groups is 1. The second-order valence-electron chi connectivity index (χ2n) is 4.34. The molecule has 1 N–H and O–H groups in total. The summed E-state index contributed by atoms with van der Waals surface area (Å²) >= 11 is 1.62. The maximum atomic E-state index is 13.9. The molecule has 96 valence electrons. The highest BCUT2D eigenvalue weighted by Gasteiger charge is 2.16. The van der Waals surface area contributed by atoms with Gasteiger partial charge >= 0.3 is 0 Å². The summed E-state index contributed by atoms with van der Waals surface area (Å²) in [6.45, 7) is 2.28. The number of benzene rings is 1. The molecule has 0 saturated heterocycles. The van der Waals surface area contributed by atoms with Gasteiger partial charge in [0.25, 0.3) is 0 Å². The fraction of sp³-hybridized carbons (Fsp3) is 0.286. The molecule has 0 saturated carbocycles. The first kappa shape index (κ1) is 13.1. The monoisotopic (exact) mass is 265 g/mol. The molecule has 1 aromatic carbocycles. The molecule has 2 rings (SSSR count). The quantitative estimate of drug-likeness (QED) is 0.913. The Hall–Kier alpha value is -1.39. The molecule has 1 aromatic heterocycles. The van der Waals surface area contributed by atoms with E-state index in [0.717, 1.165) is 5.56 Å². The van der Waals surface area contributed by atoms with Crippen LogP contribution in [0, 0.1) is 5.82 Å². The summed E-state index contributed by atoms with van der Waals surface area (Å²) < 4.78 is 13.9. The zero-order valence-corrected chi connectivity index (χ0v) is 11.2. The highest BCUT2D eigenvalue weighted by Crippen LogP contribution is 2.29. The van der Waals surface area contributed by atoms with Gasteiger partial charge in [0.2, 0.25) is 0 Å². The van der Waals surface area contributed by atoms with Gasteiger partial charge in [-0.15, -0.1) is 0 Å². The molecule has 0 amide bonds. The molecule has 0 aliphatic heterocycles. The first-order valence-electron chi connectivity index (χ1n) is 5.78. The van der Waals surface area contributed by atoms with Crippen LogP contribution in [-0.4, -0.2) is 12.2 Å². The van der Waals surface area contributed by atoms with Crippen LogP contribution in [0.2, 0.25) is 0 Å². The van der Waals surface area contributed by atoms with Crippen LogP contribution in [0.25, 0.3) is 0 Å². The molecule has 1 heterocycles. The Morgan fingerprint density at radius 1 is 1.39 bits per heavy atom. The van der Waals surface area contributed by atoms with Crippen molar-refractivity contribution < 1.29 is 9.50 Å². The Bertz CT molecular complexity index is 511. The average Bonchev–Trinajstić information content (AvgIpc) is 2.81. The molecule has 2 nitrogen and oxygen atoms in total. The van der Waals surface area contributed by atoms with Gasteiger partial charge < -0.3 is 10.0 Å². The fourth-order valence-corrected chi connectivity index (χ4v) is 2.67. The van der Waals surface area contributed by atoms with Crippen molar-refractivity contribution in [2.75, 3.05) is 11.9 Å². The summed E-state index contributed by atoms with van der Waals surface area (Å²) in [5, 5.41) is 13.8. The number of para-hydroxylation sites is 1. The summed E-state index contributed by atoms with van der Waals surface area (Å²) in [4.78, 5) is 1.83. The summed E-state index contributed by atoms with van der Waals surface area (Å²) in [6, 6.07) is 6.82. The van der Waals surface area contributed by atoms with Crippen molar-refractivity contribution in [1.29, 1.82) is 0 Å². The molecule has 4 heteroatoms. The zero-order chi connectivity index (χ0) is 13.1. The standard InChI is InChI=1S/C14H16FNOS/c1-10(17)12-4-3-5-13(15)14(12)16(2)8-11-6-7-18-9-11/h3-7,9-10,17H,8H2,1-2H3/t10-/m1/s1. The van der Waals surface area contributed by atoms with Gasteiger partial charge in [-0.3, -0.25) is 0 Å². The topological polar surface area (TPSA) is 23.5 Å². The van der Waals surface area contributed by atoms with Gasteiger partial charge in [-0.2, -0.15) is 11.3 Å². The molecule has 18 heavy (non-hydrogen) atoms. The van der Waals surface area contributed by atoms with E-state index in [4.69, 9.17) is 0 Å². The number of aliphatic hydroxyl groups excluding tert-OH is 1. The second kappa shape index (κ2) is 5.50. The highest BCUT2D eigenvalue weighted by molar-refractivity contribution is 7.07. The molecule has 0 fully saturated rings. The van der Waals surface area contributed by atoms with Gasteiger partial charge in [0.1, 0.15) is 5.82 Å². The van der Waals surface area contributed by atoms with E-state index in [2.05, 4.69) is 0 Å². The van der Waals surface area contributed by atoms with Crippen molar-refractivity contribution >= 4 is 17.0 Å². The highest BCUT2D eigenvalue weighted by atomic mass is 32.1. The minimum Gasteiger partial charge on any atom is -0.389 e. The molecule has 0 unspecified atom stereocenters. The van der Waals surface area contributed by atoms with Crippen molar-refractivity contribution in [2.45, 2.75) is 19.6 Å². The van der Waals surface area contributed by atoms with Crippen molar-refractivity contribution in [2.24, 2.45) is 0 Å². The third-order valence-corrected chi connectivity index (χ3v) is 3.58. The number of anilines is 1.